The van der Waals surface area contributed by atoms with Crippen LogP contribution < -0.4 is 10.1 Å². The first-order valence-electron chi connectivity index (χ1n) is 11.8. The molecular weight excluding hydrogens is 406 g/mol. The van der Waals surface area contributed by atoms with E-state index in [1.54, 1.807) is 18.2 Å². The van der Waals surface area contributed by atoms with Gasteiger partial charge in [-0.2, -0.15) is 0 Å². The van der Waals surface area contributed by atoms with E-state index in [0.717, 1.165) is 56.5 Å². The Labute approximate surface area is 189 Å². The van der Waals surface area contributed by atoms with Gasteiger partial charge in [0.05, 0.1) is 11.8 Å². The van der Waals surface area contributed by atoms with Crippen LogP contribution in [0.1, 0.15) is 81.0 Å². The lowest BCUT2D eigenvalue weighted by molar-refractivity contribution is -0.137. The quantitative estimate of drug-likeness (QED) is 0.685. The number of carbonyl (C=O) groups is 2. The SMILES string of the molecule is CC(C)Oc1ccc(NC(=O)c2cc(C3CCCN(C(=O)C4CCCCC4)C3)no2)cc1. The molecule has 1 aromatic heterocycles. The fourth-order valence-corrected chi connectivity index (χ4v) is 4.70. The third kappa shape index (κ3) is 5.50. The van der Waals surface area contributed by atoms with Crippen LogP contribution in [0.4, 0.5) is 5.69 Å². The van der Waals surface area contributed by atoms with E-state index >= 15 is 0 Å². The van der Waals surface area contributed by atoms with Crippen LogP contribution in [0.2, 0.25) is 0 Å². The molecule has 2 aliphatic rings. The molecule has 1 saturated heterocycles. The number of nitrogens with one attached hydrogen (secondary N) is 1. The summed E-state index contributed by atoms with van der Waals surface area (Å²) in [6.45, 7) is 5.40. The summed E-state index contributed by atoms with van der Waals surface area (Å²) >= 11 is 0. The van der Waals surface area contributed by atoms with Crippen LogP contribution in [0.15, 0.2) is 34.9 Å². The second-order valence-corrected chi connectivity index (χ2v) is 9.22. The van der Waals surface area contributed by atoms with Gasteiger partial charge in [-0.05, 0) is 63.8 Å². The van der Waals surface area contributed by atoms with Crippen molar-refractivity contribution in [3.05, 3.63) is 41.8 Å². The Kier molecular flexibility index (Phi) is 7.12. The fraction of sp³-hybridized carbons (Fsp3) is 0.560. The van der Waals surface area contributed by atoms with E-state index in [9.17, 15) is 9.59 Å². The van der Waals surface area contributed by atoms with Crippen LogP contribution in [-0.4, -0.2) is 41.1 Å². The molecule has 2 amide bonds. The number of aromatic nitrogens is 1. The van der Waals surface area contributed by atoms with Gasteiger partial charge in [0.25, 0.3) is 5.91 Å². The number of hydrogen-bond acceptors (Lipinski definition) is 5. The lowest BCUT2D eigenvalue weighted by Gasteiger charge is -2.35. The Bertz CT molecular complexity index is 916. The maximum atomic E-state index is 12.9. The van der Waals surface area contributed by atoms with Crippen molar-refractivity contribution in [1.82, 2.24) is 10.1 Å². The maximum Gasteiger partial charge on any atom is 0.294 e. The standard InChI is InChI=1S/C25H33N3O4/c1-17(2)31-21-12-10-20(11-13-21)26-24(29)23-15-22(27-32-23)19-9-6-14-28(16-19)25(30)18-7-4-3-5-8-18/h10-13,15,17-19H,3-9,14,16H2,1-2H3,(H,26,29). The van der Waals surface area contributed by atoms with Gasteiger partial charge in [-0.1, -0.05) is 24.4 Å². The van der Waals surface area contributed by atoms with Crippen LogP contribution in [0.5, 0.6) is 5.75 Å². The Morgan fingerprint density at radius 2 is 1.84 bits per heavy atom. The lowest BCUT2D eigenvalue weighted by Crippen LogP contribution is -2.42. The smallest absolute Gasteiger partial charge is 0.294 e. The molecule has 1 unspecified atom stereocenters. The van der Waals surface area contributed by atoms with Gasteiger partial charge in [-0.3, -0.25) is 9.59 Å². The van der Waals surface area contributed by atoms with Crippen LogP contribution in [0.3, 0.4) is 0 Å². The molecule has 1 atom stereocenters. The highest BCUT2D eigenvalue weighted by molar-refractivity contribution is 6.02. The summed E-state index contributed by atoms with van der Waals surface area (Å²) in [6.07, 6.45) is 7.56. The number of amides is 2. The number of benzene rings is 1. The van der Waals surface area contributed by atoms with Crippen LogP contribution >= 0.6 is 0 Å². The zero-order valence-electron chi connectivity index (χ0n) is 19.0. The van der Waals surface area contributed by atoms with E-state index < -0.39 is 0 Å². The molecule has 1 saturated carbocycles. The summed E-state index contributed by atoms with van der Waals surface area (Å²) in [5, 5.41) is 6.99. The second kappa shape index (κ2) is 10.2. The van der Waals surface area contributed by atoms with E-state index in [1.165, 1.54) is 6.42 Å². The molecule has 4 rings (SSSR count). The minimum absolute atomic E-state index is 0.0942. The molecule has 2 fully saturated rings. The van der Waals surface area contributed by atoms with E-state index in [1.807, 2.05) is 30.9 Å². The summed E-state index contributed by atoms with van der Waals surface area (Å²) in [4.78, 5) is 27.5. The summed E-state index contributed by atoms with van der Waals surface area (Å²) in [6, 6.07) is 8.94. The molecule has 1 aromatic carbocycles. The van der Waals surface area contributed by atoms with Crippen molar-refractivity contribution in [2.75, 3.05) is 18.4 Å². The number of ether oxygens (including phenoxy) is 1. The molecule has 1 aliphatic heterocycles. The van der Waals surface area contributed by atoms with Crippen molar-refractivity contribution in [3.63, 3.8) is 0 Å². The molecule has 1 N–H and O–H groups in total. The zero-order valence-corrected chi connectivity index (χ0v) is 19.0. The summed E-state index contributed by atoms with van der Waals surface area (Å²) in [7, 11) is 0. The number of likely N-dealkylation sites (tertiary alicyclic amines) is 1. The summed E-state index contributed by atoms with van der Waals surface area (Å²) in [5.74, 6) is 1.17. The molecule has 7 nitrogen and oxygen atoms in total. The van der Waals surface area contributed by atoms with Crippen molar-refractivity contribution in [3.8, 4) is 5.75 Å². The van der Waals surface area contributed by atoms with Gasteiger partial charge in [0.2, 0.25) is 11.7 Å². The van der Waals surface area contributed by atoms with Gasteiger partial charge in [0.1, 0.15) is 5.75 Å². The number of hydrogen-bond donors (Lipinski definition) is 1. The Balaban J connectivity index is 1.35. The monoisotopic (exact) mass is 439 g/mol. The third-order valence-corrected chi connectivity index (χ3v) is 6.34. The van der Waals surface area contributed by atoms with Crippen molar-refractivity contribution >= 4 is 17.5 Å². The van der Waals surface area contributed by atoms with Crippen LogP contribution in [-0.2, 0) is 4.79 Å². The molecule has 2 heterocycles. The molecule has 32 heavy (non-hydrogen) atoms. The highest BCUT2D eigenvalue weighted by Gasteiger charge is 2.31. The lowest BCUT2D eigenvalue weighted by atomic mass is 9.87. The van der Waals surface area contributed by atoms with Gasteiger partial charge in [-0.25, -0.2) is 0 Å². The third-order valence-electron chi connectivity index (χ3n) is 6.34. The first-order valence-corrected chi connectivity index (χ1v) is 11.8. The Hall–Kier alpha value is -2.83. The molecule has 0 bridgehead atoms. The van der Waals surface area contributed by atoms with Gasteiger partial charge >= 0.3 is 0 Å². The van der Waals surface area contributed by atoms with E-state index in [-0.39, 0.29) is 29.6 Å². The maximum absolute atomic E-state index is 12.9. The van der Waals surface area contributed by atoms with Crippen molar-refractivity contribution in [1.29, 1.82) is 0 Å². The van der Waals surface area contributed by atoms with Crippen molar-refractivity contribution in [2.24, 2.45) is 5.92 Å². The second-order valence-electron chi connectivity index (χ2n) is 9.22. The fourth-order valence-electron chi connectivity index (χ4n) is 4.70. The average Bonchev–Trinajstić information content (AvgIpc) is 3.31. The minimum atomic E-state index is -0.341. The van der Waals surface area contributed by atoms with Gasteiger partial charge < -0.3 is 19.5 Å². The van der Waals surface area contributed by atoms with Gasteiger partial charge in [-0.15, -0.1) is 0 Å². The molecule has 1 aliphatic carbocycles. The summed E-state index contributed by atoms with van der Waals surface area (Å²) in [5.41, 5.74) is 1.41. The van der Waals surface area contributed by atoms with Crippen molar-refractivity contribution < 1.29 is 18.8 Å². The van der Waals surface area contributed by atoms with E-state index in [0.29, 0.717) is 18.1 Å². The average molecular weight is 440 g/mol. The largest absolute Gasteiger partial charge is 0.491 e. The van der Waals surface area contributed by atoms with Gasteiger partial charge in [0, 0.05) is 36.7 Å². The number of nitrogens with zero attached hydrogens (tertiary/aromatic N) is 2. The molecule has 0 spiro atoms. The number of rotatable bonds is 6. The molecule has 0 radical (unpaired) electrons. The van der Waals surface area contributed by atoms with Crippen molar-refractivity contribution in [2.45, 2.75) is 70.8 Å². The molecule has 2 aromatic rings. The highest BCUT2D eigenvalue weighted by Crippen LogP contribution is 2.31. The molecule has 7 heteroatoms. The normalized spacial score (nSPS) is 19.7. The number of piperidine rings is 1. The first-order chi connectivity index (χ1) is 15.5. The van der Waals surface area contributed by atoms with Gasteiger partial charge in [0.15, 0.2) is 0 Å². The molecule has 172 valence electrons. The first kappa shape index (κ1) is 22.4. The minimum Gasteiger partial charge on any atom is -0.491 e. The Morgan fingerprint density at radius 1 is 1.09 bits per heavy atom. The van der Waals surface area contributed by atoms with Crippen LogP contribution in [0.25, 0.3) is 0 Å². The molecular formula is C25H33N3O4. The predicted molar refractivity (Wildman–Crippen MR) is 122 cm³/mol. The number of anilines is 1. The predicted octanol–water partition coefficient (Wildman–Crippen LogP) is 5.00. The Morgan fingerprint density at radius 3 is 2.56 bits per heavy atom. The van der Waals surface area contributed by atoms with Crippen LogP contribution in [0, 0.1) is 5.92 Å². The highest BCUT2D eigenvalue weighted by atomic mass is 16.5. The summed E-state index contributed by atoms with van der Waals surface area (Å²) < 4.78 is 11.0. The van der Waals surface area contributed by atoms with E-state index in [2.05, 4.69) is 10.5 Å². The number of carbonyl (C=O) groups excluding carboxylic acids is 2. The zero-order chi connectivity index (χ0) is 22.5. The van der Waals surface area contributed by atoms with E-state index in [4.69, 9.17) is 9.26 Å². The topological polar surface area (TPSA) is 84.7 Å².